The first-order chi connectivity index (χ1) is 15.0. The summed E-state index contributed by atoms with van der Waals surface area (Å²) in [5, 5.41) is 18.6. The maximum absolute atomic E-state index is 11.4. The Kier molecular flexibility index (Phi) is 6.44. The van der Waals surface area contributed by atoms with E-state index in [1.807, 2.05) is 13.0 Å². The Balaban J connectivity index is 1.78. The molecule has 31 heavy (non-hydrogen) atoms. The van der Waals surface area contributed by atoms with E-state index < -0.39 is 6.10 Å². The van der Waals surface area contributed by atoms with Gasteiger partial charge in [0.1, 0.15) is 0 Å². The second kappa shape index (κ2) is 9.25. The van der Waals surface area contributed by atoms with Crippen molar-refractivity contribution in [2.45, 2.75) is 51.3 Å². The van der Waals surface area contributed by atoms with Crippen LogP contribution in [0, 0.1) is 5.92 Å². The SMILES string of the molecule is CC(=O)NCc1ccc2ccn(C3(C(Cc4ccccc4)C(C)O)CCNCC3)c2c1. The molecule has 5 nitrogen and oxygen atoms in total. The molecule has 2 unspecified atom stereocenters. The van der Waals surface area contributed by atoms with Crippen LogP contribution in [0.1, 0.15) is 37.8 Å². The summed E-state index contributed by atoms with van der Waals surface area (Å²) in [7, 11) is 0. The van der Waals surface area contributed by atoms with Crippen LogP contribution in [0.25, 0.3) is 10.9 Å². The zero-order valence-corrected chi connectivity index (χ0v) is 18.5. The number of carbonyl (C=O) groups is 1. The third-order valence-corrected chi connectivity index (χ3v) is 6.82. The minimum absolute atomic E-state index is 0.0256. The normalized spacial score (nSPS) is 17.9. The second-order valence-electron chi connectivity index (χ2n) is 8.88. The van der Waals surface area contributed by atoms with Crippen molar-refractivity contribution in [2.24, 2.45) is 5.92 Å². The molecule has 2 aromatic carbocycles. The maximum Gasteiger partial charge on any atom is 0.217 e. The fourth-order valence-corrected chi connectivity index (χ4v) is 5.23. The molecule has 3 aromatic rings. The molecule has 2 heterocycles. The molecule has 1 saturated heterocycles. The third-order valence-electron chi connectivity index (χ3n) is 6.82. The van der Waals surface area contributed by atoms with Gasteiger partial charge in [0, 0.05) is 31.1 Å². The number of nitrogens with one attached hydrogen (secondary N) is 2. The highest BCUT2D eigenvalue weighted by Crippen LogP contribution is 2.42. The van der Waals surface area contributed by atoms with Gasteiger partial charge in [-0.25, -0.2) is 0 Å². The van der Waals surface area contributed by atoms with Crippen molar-refractivity contribution in [3.8, 4) is 0 Å². The van der Waals surface area contributed by atoms with Crippen molar-refractivity contribution in [1.82, 2.24) is 15.2 Å². The zero-order chi connectivity index (χ0) is 21.8. The molecular weight excluding hydrogens is 386 g/mol. The summed E-state index contributed by atoms with van der Waals surface area (Å²) < 4.78 is 2.42. The van der Waals surface area contributed by atoms with Crippen LogP contribution < -0.4 is 10.6 Å². The van der Waals surface area contributed by atoms with E-state index in [1.165, 1.54) is 16.5 Å². The summed E-state index contributed by atoms with van der Waals surface area (Å²) in [5.74, 6) is 0.0638. The molecule has 1 aromatic heterocycles. The Hall–Kier alpha value is -2.63. The second-order valence-corrected chi connectivity index (χ2v) is 8.88. The molecule has 0 spiro atoms. The molecule has 164 valence electrons. The van der Waals surface area contributed by atoms with Gasteiger partial charge < -0.3 is 20.3 Å². The molecule has 0 aliphatic carbocycles. The first kappa shape index (κ1) is 21.6. The van der Waals surface area contributed by atoms with Crippen LogP contribution in [0.3, 0.4) is 0 Å². The number of piperidine rings is 1. The van der Waals surface area contributed by atoms with Gasteiger partial charge in [0.25, 0.3) is 0 Å². The van der Waals surface area contributed by atoms with E-state index in [4.69, 9.17) is 0 Å². The number of aliphatic hydroxyl groups is 1. The van der Waals surface area contributed by atoms with E-state index >= 15 is 0 Å². The number of rotatable bonds is 7. The van der Waals surface area contributed by atoms with Gasteiger partial charge in [-0.1, -0.05) is 42.5 Å². The number of benzene rings is 2. The number of fused-ring (bicyclic) bond motifs is 1. The summed E-state index contributed by atoms with van der Waals surface area (Å²) in [6, 6.07) is 19.1. The average molecular weight is 420 g/mol. The van der Waals surface area contributed by atoms with E-state index in [-0.39, 0.29) is 17.4 Å². The van der Waals surface area contributed by atoms with Gasteiger partial charge in [0.05, 0.1) is 11.6 Å². The first-order valence-electron chi connectivity index (χ1n) is 11.3. The van der Waals surface area contributed by atoms with Crippen molar-refractivity contribution < 1.29 is 9.90 Å². The molecule has 3 N–H and O–H groups in total. The molecule has 5 heteroatoms. The van der Waals surface area contributed by atoms with E-state index in [2.05, 4.69) is 69.9 Å². The predicted molar refractivity (Wildman–Crippen MR) is 125 cm³/mol. The number of carbonyl (C=O) groups excluding carboxylic acids is 1. The molecule has 0 saturated carbocycles. The Morgan fingerprint density at radius 3 is 2.55 bits per heavy atom. The summed E-state index contributed by atoms with van der Waals surface area (Å²) in [6.45, 7) is 5.87. The topological polar surface area (TPSA) is 66.3 Å². The molecule has 1 aliphatic rings. The lowest BCUT2D eigenvalue weighted by molar-refractivity contribution is -0.119. The third kappa shape index (κ3) is 4.53. The van der Waals surface area contributed by atoms with Gasteiger partial charge in [-0.15, -0.1) is 0 Å². The van der Waals surface area contributed by atoms with E-state index in [9.17, 15) is 9.90 Å². The smallest absolute Gasteiger partial charge is 0.217 e. The molecule has 1 fully saturated rings. The number of nitrogens with zero attached hydrogens (tertiary/aromatic N) is 1. The largest absolute Gasteiger partial charge is 0.393 e. The molecule has 1 aliphatic heterocycles. The number of aromatic nitrogens is 1. The van der Waals surface area contributed by atoms with Gasteiger partial charge in [0.15, 0.2) is 0 Å². The minimum atomic E-state index is -0.432. The fourth-order valence-electron chi connectivity index (χ4n) is 5.23. The van der Waals surface area contributed by atoms with Crippen molar-refractivity contribution >= 4 is 16.8 Å². The van der Waals surface area contributed by atoms with Gasteiger partial charge in [-0.2, -0.15) is 0 Å². The monoisotopic (exact) mass is 419 g/mol. The van der Waals surface area contributed by atoms with Crippen LogP contribution in [-0.4, -0.2) is 34.8 Å². The molecule has 0 radical (unpaired) electrons. The Bertz CT molecular complexity index is 1020. The van der Waals surface area contributed by atoms with Crippen molar-refractivity contribution in [3.05, 3.63) is 71.9 Å². The van der Waals surface area contributed by atoms with E-state index in [0.29, 0.717) is 6.54 Å². The van der Waals surface area contributed by atoms with Crippen molar-refractivity contribution in [2.75, 3.05) is 13.1 Å². The highest BCUT2D eigenvalue weighted by atomic mass is 16.3. The van der Waals surface area contributed by atoms with Crippen LogP contribution >= 0.6 is 0 Å². The number of amides is 1. The van der Waals surface area contributed by atoms with Crippen LogP contribution in [-0.2, 0) is 23.3 Å². The quantitative estimate of drug-likeness (QED) is 0.548. The summed E-state index contributed by atoms with van der Waals surface area (Å²) in [5.41, 5.74) is 3.34. The van der Waals surface area contributed by atoms with Crippen LogP contribution in [0.2, 0.25) is 0 Å². The predicted octanol–water partition coefficient (Wildman–Crippen LogP) is 3.60. The van der Waals surface area contributed by atoms with E-state index in [1.54, 1.807) is 6.92 Å². The highest BCUT2D eigenvalue weighted by molar-refractivity contribution is 5.81. The number of aliphatic hydroxyl groups excluding tert-OH is 1. The molecule has 1 amide bonds. The molecule has 0 bridgehead atoms. The number of hydrogen-bond acceptors (Lipinski definition) is 3. The standard InChI is InChI=1S/C26H33N3O2/c1-19(30)24(16-21-6-4-3-5-7-21)26(11-13-27-14-12-26)29-15-10-23-9-8-22(17-25(23)29)18-28-20(2)31/h3-10,15,17,19,24,27,30H,11-14,16,18H2,1-2H3,(H,28,31). The maximum atomic E-state index is 11.4. The lowest BCUT2D eigenvalue weighted by atomic mass is 9.71. The van der Waals surface area contributed by atoms with E-state index in [0.717, 1.165) is 37.9 Å². The number of hydrogen-bond donors (Lipinski definition) is 3. The Labute approximate surface area is 184 Å². The zero-order valence-electron chi connectivity index (χ0n) is 18.5. The van der Waals surface area contributed by atoms with Gasteiger partial charge >= 0.3 is 0 Å². The van der Waals surface area contributed by atoms with Crippen LogP contribution in [0.15, 0.2) is 60.8 Å². The fraction of sp³-hybridized carbons (Fsp3) is 0.423. The van der Waals surface area contributed by atoms with Gasteiger partial charge in [0.2, 0.25) is 5.91 Å². The summed E-state index contributed by atoms with van der Waals surface area (Å²) in [6.07, 6.45) is 4.53. The lowest BCUT2D eigenvalue weighted by Crippen LogP contribution is -2.52. The van der Waals surface area contributed by atoms with Crippen LogP contribution in [0.5, 0.6) is 0 Å². The Morgan fingerprint density at radius 2 is 1.87 bits per heavy atom. The molecule has 2 atom stereocenters. The first-order valence-corrected chi connectivity index (χ1v) is 11.3. The average Bonchev–Trinajstić information content (AvgIpc) is 3.21. The summed E-state index contributed by atoms with van der Waals surface area (Å²) >= 11 is 0. The minimum Gasteiger partial charge on any atom is -0.393 e. The van der Waals surface area contributed by atoms with Gasteiger partial charge in [-0.05, 0) is 67.9 Å². The Morgan fingerprint density at radius 1 is 1.13 bits per heavy atom. The summed E-state index contributed by atoms with van der Waals surface area (Å²) in [4.78, 5) is 11.4. The van der Waals surface area contributed by atoms with Gasteiger partial charge in [-0.3, -0.25) is 4.79 Å². The molecular formula is C26H33N3O2. The lowest BCUT2D eigenvalue weighted by Gasteiger charge is -2.47. The van der Waals surface area contributed by atoms with Crippen LogP contribution in [0.4, 0.5) is 0 Å². The van der Waals surface area contributed by atoms with Crippen molar-refractivity contribution in [1.29, 1.82) is 0 Å². The highest BCUT2D eigenvalue weighted by Gasteiger charge is 2.44. The molecule has 4 rings (SSSR count). The van der Waals surface area contributed by atoms with Crippen molar-refractivity contribution in [3.63, 3.8) is 0 Å².